The number of nitrogens with zero attached hydrogens (tertiary/aromatic N) is 2. The Bertz CT molecular complexity index is 953. The maximum absolute atomic E-state index is 12.6. The Kier molecular flexibility index (Phi) is 4.94. The number of aromatic nitrogens is 1. The van der Waals surface area contributed by atoms with Gasteiger partial charge in [0.1, 0.15) is 5.75 Å². The van der Waals surface area contributed by atoms with Crippen molar-refractivity contribution in [2.75, 3.05) is 33.3 Å². The number of ether oxygens (including phenoxy) is 1. The number of hydrogen-bond acceptors (Lipinski definition) is 3. The monoisotopic (exact) mass is 379 g/mol. The number of aromatic amines is 1. The lowest BCUT2D eigenvalue weighted by molar-refractivity contribution is -0.138. The fraction of sp³-hybridized carbons (Fsp3) is 0.364. The highest BCUT2D eigenvalue weighted by molar-refractivity contribution is 5.94. The van der Waals surface area contributed by atoms with Gasteiger partial charge in [-0.15, -0.1) is 0 Å². The van der Waals surface area contributed by atoms with Crippen molar-refractivity contribution in [3.05, 3.63) is 48.7 Å². The average Bonchev–Trinajstić information content (AvgIpc) is 3.12. The summed E-state index contributed by atoms with van der Waals surface area (Å²) in [7, 11) is 1.67. The molecule has 4 rings (SSSR count). The molecule has 2 aliphatic heterocycles. The summed E-state index contributed by atoms with van der Waals surface area (Å²) in [6.45, 7) is 6.17. The number of methoxy groups -OCH3 is 1. The van der Waals surface area contributed by atoms with E-state index in [9.17, 15) is 9.59 Å². The predicted molar refractivity (Wildman–Crippen MR) is 109 cm³/mol. The number of likely N-dealkylation sites (tertiary alicyclic amines) is 1. The number of benzene rings is 1. The van der Waals surface area contributed by atoms with Crippen molar-refractivity contribution >= 4 is 28.3 Å². The van der Waals surface area contributed by atoms with Crippen molar-refractivity contribution in [1.29, 1.82) is 0 Å². The van der Waals surface area contributed by atoms with Crippen molar-refractivity contribution in [2.45, 2.75) is 12.8 Å². The minimum Gasteiger partial charge on any atom is -0.497 e. The Morgan fingerprint density at radius 2 is 2.14 bits per heavy atom. The zero-order chi connectivity index (χ0) is 19.7. The van der Waals surface area contributed by atoms with Crippen molar-refractivity contribution in [1.82, 2.24) is 14.8 Å². The molecule has 28 heavy (non-hydrogen) atoms. The molecule has 6 nitrogen and oxygen atoms in total. The number of carbonyl (C=O) groups excluding carboxylic acids is 2. The quantitative estimate of drug-likeness (QED) is 0.813. The van der Waals surface area contributed by atoms with Gasteiger partial charge in [-0.2, -0.15) is 0 Å². The van der Waals surface area contributed by atoms with Crippen LogP contribution in [-0.2, 0) is 9.59 Å². The molecular weight excluding hydrogens is 354 g/mol. The minimum absolute atomic E-state index is 0.0513. The fourth-order valence-corrected chi connectivity index (χ4v) is 4.02. The molecule has 2 aromatic rings. The third kappa shape index (κ3) is 3.42. The maximum atomic E-state index is 12.6. The molecule has 0 spiro atoms. The van der Waals surface area contributed by atoms with Crippen LogP contribution in [0.15, 0.2) is 43.1 Å². The number of hydrogen-bond donors (Lipinski definition) is 1. The van der Waals surface area contributed by atoms with Gasteiger partial charge in [-0.3, -0.25) is 9.59 Å². The van der Waals surface area contributed by atoms with Crippen LogP contribution in [-0.4, -0.2) is 59.9 Å². The number of rotatable bonds is 5. The molecular formula is C22H25N3O3. The molecule has 2 amide bonds. The van der Waals surface area contributed by atoms with Crippen LogP contribution in [0.3, 0.4) is 0 Å². The topological polar surface area (TPSA) is 65.6 Å². The summed E-state index contributed by atoms with van der Waals surface area (Å²) in [4.78, 5) is 31.0. The van der Waals surface area contributed by atoms with E-state index in [1.54, 1.807) is 12.0 Å². The number of fused-ring (bicyclic) bond motifs is 1. The number of amides is 2. The summed E-state index contributed by atoms with van der Waals surface area (Å²) in [6, 6.07) is 6.02. The number of H-pyrrole nitrogens is 1. The Balaban J connectivity index is 1.38. The lowest BCUT2D eigenvalue weighted by atomic mass is 9.94. The first-order valence-corrected chi connectivity index (χ1v) is 9.62. The first kappa shape index (κ1) is 18.3. The summed E-state index contributed by atoms with van der Waals surface area (Å²) >= 11 is 0. The van der Waals surface area contributed by atoms with Crippen LogP contribution < -0.4 is 4.74 Å². The van der Waals surface area contributed by atoms with Crippen molar-refractivity contribution in [2.24, 2.45) is 5.92 Å². The summed E-state index contributed by atoms with van der Waals surface area (Å²) in [5.41, 5.74) is 3.52. The second kappa shape index (κ2) is 7.54. The van der Waals surface area contributed by atoms with Crippen LogP contribution in [0.5, 0.6) is 5.75 Å². The number of nitrogens with one attached hydrogen (secondary N) is 1. The highest BCUT2D eigenvalue weighted by atomic mass is 16.5. The molecule has 0 bridgehead atoms. The average molecular weight is 379 g/mol. The normalized spacial score (nSPS) is 17.2. The van der Waals surface area contributed by atoms with E-state index < -0.39 is 0 Å². The van der Waals surface area contributed by atoms with Gasteiger partial charge in [0.15, 0.2) is 0 Å². The lowest BCUT2D eigenvalue weighted by Crippen LogP contribution is -2.51. The molecule has 1 fully saturated rings. The highest BCUT2D eigenvalue weighted by Gasteiger charge is 2.32. The fourth-order valence-electron chi connectivity index (χ4n) is 4.02. The predicted octanol–water partition coefficient (Wildman–Crippen LogP) is 2.83. The molecule has 0 unspecified atom stereocenters. The van der Waals surface area contributed by atoms with Gasteiger partial charge in [-0.05, 0) is 36.3 Å². The maximum Gasteiger partial charge on any atom is 0.245 e. The highest BCUT2D eigenvalue weighted by Crippen LogP contribution is 2.32. The summed E-state index contributed by atoms with van der Waals surface area (Å²) in [5.74, 6) is 1.23. The zero-order valence-corrected chi connectivity index (χ0v) is 16.1. The van der Waals surface area contributed by atoms with Crippen molar-refractivity contribution in [3.8, 4) is 5.75 Å². The van der Waals surface area contributed by atoms with Gasteiger partial charge < -0.3 is 19.5 Å². The van der Waals surface area contributed by atoms with Crippen LogP contribution >= 0.6 is 0 Å². The molecule has 1 N–H and O–H groups in total. The van der Waals surface area contributed by atoms with Gasteiger partial charge in [0.05, 0.1) is 7.11 Å². The zero-order valence-electron chi connectivity index (χ0n) is 16.1. The lowest BCUT2D eigenvalue weighted by Gasteiger charge is -2.39. The summed E-state index contributed by atoms with van der Waals surface area (Å²) in [6.07, 6.45) is 6.86. The van der Waals surface area contributed by atoms with E-state index in [1.165, 1.54) is 17.2 Å². The van der Waals surface area contributed by atoms with Crippen LogP contribution in [0.4, 0.5) is 0 Å². The van der Waals surface area contributed by atoms with E-state index in [0.717, 1.165) is 29.6 Å². The van der Waals surface area contributed by atoms with E-state index in [1.807, 2.05) is 29.3 Å². The van der Waals surface area contributed by atoms with E-state index >= 15 is 0 Å². The van der Waals surface area contributed by atoms with Gasteiger partial charge in [0.25, 0.3) is 0 Å². The molecule has 0 radical (unpaired) electrons. The van der Waals surface area contributed by atoms with E-state index in [4.69, 9.17) is 4.74 Å². The molecule has 1 aromatic carbocycles. The van der Waals surface area contributed by atoms with Gasteiger partial charge in [-0.1, -0.05) is 12.7 Å². The van der Waals surface area contributed by atoms with Gasteiger partial charge in [0, 0.05) is 61.2 Å². The van der Waals surface area contributed by atoms with E-state index in [2.05, 4.69) is 17.6 Å². The second-order valence-corrected chi connectivity index (χ2v) is 7.45. The smallest absolute Gasteiger partial charge is 0.245 e. The van der Waals surface area contributed by atoms with E-state index in [-0.39, 0.29) is 17.7 Å². The van der Waals surface area contributed by atoms with E-state index in [0.29, 0.717) is 26.1 Å². The Morgan fingerprint density at radius 3 is 2.82 bits per heavy atom. The molecule has 1 aromatic heterocycles. The first-order chi connectivity index (χ1) is 13.6. The van der Waals surface area contributed by atoms with Crippen molar-refractivity contribution in [3.63, 3.8) is 0 Å². The molecule has 3 heterocycles. The van der Waals surface area contributed by atoms with Crippen LogP contribution in [0.1, 0.15) is 18.4 Å². The number of carbonyl (C=O) groups is 2. The third-order valence-electron chi connectivity index (χ3n) is 5.70. The molecule has 146 valence electrons. The molecule has 1 saturated heterocycles. The minimum atomic E-state index is -0.0513. The largest absolute Gasteiger partial charge is 0.497 e. The first-order valence-electron chi connectivity index (χ1n) is 9.62. The SMILES string of the molecule is C=CC(=O)N1CC(CC(=O)N2CC=C(c3c[nH]c4ccc(OC)cc34)CC2)C1. The Morgan fingerprint density at radius 1 is 1.32 bits per heavy atom. The molecule has 6 heteroatoms. The van der Waals surface area contributed by atoms with Crippen LogP contribution in [0.25, 0.3) is 16.5 Å². The Labute approximate surface area is 164 Å². The van der Waals surface area contributed by atoms with Crippen molar-refractivity contribution < 1.29 is 14.3 Å². The standard InChI is InChI=1S/C22H25N3O3/c1-3-21(26)25-13-15(14-25)10-22(27)24-8-6-16(7-9-24)19-12-23-20-5-4-17(28-2)11-18(19)20/h3-6,11-12,15,23H,1,7-10,13-14H2,2H3. The van der Waals surface area contributed by atoms with Gasteiger partial charge in [-0.25, -0.2) is 0 Å². The second-order valence-electron chi connectivity index (χ2n) is 7.45. The van der Waals surface area contributed by atoms with Crippen LogP contribution in [0.2, 0.25) is 0 Å². The third-order valence-corrected chi connectivity index (χ3v) is 5.70. The van der Waals surface area contributed by atoms with Gasteiger partial charge in [0.2, 0.25) is 11.8 Å². The van der Waals surface area contributed by atoms with Crippen LogP contribution in [0, 0.1) is 5.92 Å². The molecule has 0 saturated carbocycles. The molecule has 0 atom stereocenters. The van der Waals surface area contributed by atoms with Gasteiger partial charge >= 0.3 is 0 Å². The molecule has 0 aliphatic carbocycles. The Hall–Kier alpha value is -3.02. The summed E-state index contributed by atoms with van der Waals surface area (Å²) < 4.78 is 5.35. The summed E-state index contributed by atoms with van der Waals surface area (Å²) in [5, 5.41) is 1.15. The molecule has 2 aliphatic rings.